The first-order chi connectivity index (χ1) is 30.4. The summed E-state index contributed by atoms with van der Waals surface area (Å²) in [6, 6.07) is 16.2. The Kier molecular flexibility index (Phi) is 24.0. The first kappa shape index (κ1) is 51.5. The molecule has 0 spiro atoms. The maximum Gasteiger partial charge on any atom is 0.322 e. The zero-order valence-electron chi connectivity index (χ0n) is 36.4. The van der Waals surface area contributed by atoms with E-state index in [4.69, 9.17) is 0 Å². The molecule has 4 atom stereocenters. The topological polar surface area (TPSA) is 241 Å². The van der Waals surface area contributed by atoms with E-state index in [1.165, 1.54) is 11.8 Å². The van der Waals surface area contributed by atoms with Gasteiger partial charge in [-0.15, -0.1) is 0 Å². The minimum atomic E-state index is -1.26. The normalized spacial score (nSPS) is 12.9. The highest BCUT2D eigenvalue weighted by Crippen LogP contribution is 2.12. The molecular weight excluding hydrogens is 827 g/mol. The molecular formula is C45H63N9O8S. The second-order valence-corrected chi connectivity index (χ2v) is 16.5. The van der Waals surface area contributed by atoms with E-state index in [-0.39, 0.29) is 31.1 Å². The number of carbonyl (C=O) groups excluding carboxylic acids is 6. The number of benzene rings is 1. The van der Waals surface area contributed by atoms with Gasteiger partial charge >= 0.3 is 5.97 Å². The largest absolute Gasteiger partial charge is 0.480 e. The number of carbonyl (C=O) groups is 7. The summed E-state index contributed by atoms with van der Waals surface area (Å²) < 4.78 is 0. The standard InChI is InChI=1S/C45H63N9O8S/c1-32(2)26-38(52-43(60)36(50-31-55)20-25-63-3)44(61)53-39(27-33-14-5-4-6-15-33)45(62)51-37(42(59)49-28-41(57)58)18-9-12-23-48-40(56)19-13-24-54(29-34-16-7-10-21-46-34)30-35-17-8-11-22-47-35/h4-8,10-11,14-17,21-22,31-32,36-39H,9,12-13,18-20,23-30H2,1-3H3,(H,48,56)(H,49,59)(H,50,55)(H,51,62)(H,52,60)(H,53,61)(H,57,58)/t36-,37-,38-,39-/m0/s1. The van der Waals surface area contributed by atoms with Crippen molar-refractivity contribution in [3.8, 4) is 0 Å². The molecule has 3 aromatic rings. The average Bonchev–Trinajstić information content (AvgIpc) is 3.26. The Morgan fingerprint density at radius 3 is 1.90 bits per heavy atom. The molecule has 3 rings (SSSR count). The van der Waals surface area contributed by atoms with E-state index < -0.39 is 60.3 Å². The van der Waals surface area contributed by atoms with Crippen LogP contribution in [0.15, 0.2) is 79.1 Å². The number of hydrogen-bond acceptors (Lipinski definition) is 11. The summed E-state index contributed by atoms with van der Waals surface area (Å²) in [7, 11) is 0. The van der Waals surface area contributed by atoms with E-state index in [1.54, 1.807) is 42.7 Å². The molecule has 0 bridgehead atoms. The third-order valence-corrected chi connectivity index (χ3v) is 10.5. The zero-order valence-corrected chi connectivity index (χ0v) is 37.2. The van der Waals surface area contributed by atoms with E-state index in [0.717, 1.165) is 11.4 Å². The summed E-state index contributed by atoms with van der Waals surface area (Å²) >= 11 is 1.51. The monoisotopic (exact) mass is 889 g/mol. The summed E-state index contributed by atoms with van der Waals surface area (Å²) in [5.74, 6) is -3.40. The van der Waals surface area contributed by atoms with Gasteiger partial charge in [0.25, 0.3) is 0 Å². The molecule has 1 aromatic carbocycles. The summed E-state index contributed by atoms with van der Waals surface area (Å²) in [4.78, 5) is 101. The highest BCUT2D eigenvalue weighted by molar-refractivity contribution is 7.98. The van der Waals surface area contributed by atoms with Crippen molar-refractivity contribution in [1.82, 2.24) is 46.8 Å². The number of carboxylic acids is 1. The van der Waals surface area contributed by atoms with Gasteiger partial charge in [-0.25, -0.2) is 0 Å². The van der Waals surface area contributed by atoms with E-state index in [9.17, 15) is 38.7 Å². The molecule has 0 aliphatic carbocycles. The fourth-order valence-corrected chi connectivity index (χ4v) is 7.12. The molecule has 63 heavy (non-hydrogen) atoms. The Morgan fingerprint density at radius 1 is 0.714 bits per heavy atom. The average molecular weight is 890 g/mol. The van der Waals surface area contributed by atoms with Crippen LogP contribution in [0, 0.1) is 5.92 Å². The lowest BCUT2D eigenvalue weighted by atomic mass is 10.00. The molecule has 342 valence electrons. The van der Waals surface area contributed by atoms with Crippen LogP contribution in [0.3, 0.4) is 0 Å². The quantitative estimate of drug-likeness (QED) is 0.0364. The van der Waals surface area contributed by atoms with Crippen LogP contribution in [0.1, 0.15) is 75.7 Å². The third kappa shape index (κ3) is 21.2. The smallest absolute Gasteiger partial charge is 0.322 e. The second-order valence-electron chi connectivity index (χ2n) is 15.5. The number of amides is 6. The molecule has 2 heterocycles. The van der Waals surface area contributed by atoms with Gasteiger partial charge in [-0.05, 0) is 92.8 Å². The van der Waals surface area contributed by atoms with Gasteiger partial charge in [0, 0.05) is 44.9 Å². The first-order valence-electron chi connectivity index (χ1n) is 21.3. The van der Waals surface area contributed by atoms with E-state index in [1.807, 2.05) is 56.5 Å². The molecule has 0 saturated carbocycles. The number of pyridine rings is 2. The summed E-state index contributed by atoms with van der Waals surface area (Å²) in [5, 5.41) is 25.2. The fourth-order valence-electron chi connectivity index (χ4n) is 6.65. The van der Waals surface area contributed by atoms with Crippen molar-refractivity contribution in [2.45, 2.75) is 102 Å². The predicted octanol–water partition coefficient (Wildman–Crippen LogP) is 2.36. The minimum Gasteiger partial charge on any atom is -0.480 e. The van der Waals surface area contributed by atoms with Crippen molar-refractivity contribution in [2.75, 3.05) is 31.6 Å². The lowest BCUT2D eigenvalue weighted by Crippen LogP contribution is -2.58. The number of carboxylic acid groups (broad SMARTS) is 1. The second kappa shape index (κ2) is 29.4. The van der Waals surface area contributed by atoms with Gasteiger partial charge in [0.2, 0.25) is 35.9 Å². The summed E-state index contributed by atoms with van der Waals surface area (Å²) in [6.07, 6.45) is 8.30. The Labute approximate surface area is 374 Å². The van der Waals surface area contributed by atoms with E-state index in [0.29, 0.717) is 76.0 Å². The maximum absolute atomic E-state index is 14.0. The maximum atomic E-state index is 14.0. The van der Waals surface area contributed by atoms with Crippen LogP contribution in [-0.2, 0) is 53.1 Å². The van der Waals surface area contributed by atoms with Crippen molar-refractivity contribution < 1.29 is 38.7 Å². The van der Waals surface area contributed by atoms with Crippen molar-refractivity contribution in [1.29, 1.82) is 0 Å². The van der Waals surface area contributed by atoms with Gasteiger partial charge in [0.1, 0.15) is 30.7 Å². The molecule has 6 amide bonds. The van der Waals surface area contributed by atoms with Crippen LogP contribution in [0.4, 0.5) is 0 Å². The molecule has 0 radical (unpaired) electrons. The minimum absolute atomic E-state index is 0.0334. The van der Waals surface area contributed by atoms with Gasteiger partial charge in [0.05, 0.1) is 11.4 Å². The molecule has 17 nitrogen and oxygen atoms in total. The Hall–Kier alpha value is -5.88. The highest BCUT2D eigenvalue weighted by atomic mass is 32.2. The van der Waals surface area contributed by atoms with E-state index in [2.05, 4.69) is 46.8 Å². The number of rotatable bonds is 31. The van der Waals surface area contributed by atoms with Crippen LogP contribution in [0.2, 0.25) is 0 Å². The van der Waals surface area contributed by atoms with Crippen molar-refractivity contribution >= 4 is 53.7 Å². The predicted molar refractivity (Wildman–Crippen MR) is 241 cm³/mol. The molecule has 18 heteroatoms. The van der Waals surface area contributed by atoms with Gasteiger partial charge in [-0.1, -0.05) is 56.3 Å². The molecule has 0 unspecified atom stereocenters. The van der Waals surface area contributed by atoms with Gasteiger partial charge in [-0.2, -0.15) is 11.8 Å². The van der Waals surface area contributed by atoms with Gasteiger partial charge in [-0.3, -0.25) is 48.4 Å². The SMILES string of the molecule is CSCC[C@H](NC=O)C(=O)N[C@@H](CC(C)C)C(=O)N[C@@H](Cc1ccccc1)C(=O)N[C@@H](CCCCNC(=O)CCCN(Cc1ccccn1)Cc1ccccn1)C(=O)NCC(=O)O. The molecule has 0 fully saturated rings. The third-order valence-electron chi connectivity index (χ3n) is 9.84. The van der Waals surface area contributed by atoms with Crippen LogP contribution < -0.4 is 31.9 Å². The van der Waals surface area contributed by atoms with Crippen molar-refractivity contribution in [3.63, 3.8) is 0 Å². The first-order valence-corrected chi connectivity index (χ1v) is 22.7. The molecule has 0 saturated heterocycles. The van der Waals surface area contributed by atoms with Crippen LogP contribution in [0.25, 0.3) is 0 Å². The molecule has 2 aromatic heterocycles. The molecule has 0 aliphatic heterocycles. The van der Waals surface area contributed by atoms with Crippen LogP contribution >= 0.6 is 11.8 Å². The van der Waals surface area contributed by atoms with Crippen molar-refractivity contribution in [3.05, 3.63) is 96.1 Å². The van der Waals surface area contributed by atoms with Gasteiger partial charge in [0.15, 0.2) is 0 Å². The molecule has 7 N–H and O–H groups in total. The lowest BCUT2D eigenvalue weighted by molar-refractivity contribution is -0.138. The number of thioether (sulfide) groups is 1. The lowest BCUT2D eigenvalue weighted by Gasteiger charge is -2.27. The summed E-state index contributed by atoms with van der Waals surface area (Å²) in [5.41, 5.74) is 2.54. The zero-order chi connectivity index (χ0) is 45.8. The number of unbranched alkanes of at least 4 members (excludes halogenated alkanes) is 1. The van der Waals surface area contributed by atoms with Crippen LogP contribution in [-0.4, -0.2) is 118 Å². The number of nitrogens with zero attached hydrogens (tertiary/aromatic N) is 3. The Bertz CT molecular complexity index is 1820. The number of aliphatic carboxylic acids is 1. The van der Waals surface area contributed by atoms with E-state index >= 15 is 0 Å². The van der Waals surface area contributed by atoms with Crippen molar-refractivity contribution in [2.24, 2.45) is 5.92 Å². The fraction of sp³-hybridized carbons (Fsp3) is 0.489. The summed E-state index contributed by atoms with van der Waals surface area (Å²) in [6.45, 7) is 5.27. The number of aromatic nitrogens is 2. The molecule has 0 aliphatic rings. The number of hydrogen-bond donors (Lipinski definition) is 7. The van der Waals surface area contributed by atoms with Crippen LogP contribution in [0.5, 0.6) is 0 Å². The highest BCUT2D eigenvalue weighted by Gasteiger charge is 2.31. The number of nitrogens with one attached hydrogen (secondary N) is 6. The Balaban J connectivity index is 1.63. The van der Waals surface area contributed by atoms with Gasteiger partial charge < -0.3 is 37.0 Å². The Morgan fingerprint density at radius 2 is 1.32 bits per heavy atom.